The Labute approximate surface area is 300 Å². The number of methoxy groups -OCH3 is 2. The molecule has 7 aromatic rings. The molecule has 255 valence electrons. The van der Waals surface area contributed by atoms with Crippen LogP contribution in [0.1, 0.15) is 36.8 Å². The zero-order chi connectivity index (χ0) is 34.2. The SMILES string of the molecule is COc1ccc2cc([C@H](C)C(=O)[O-])ccc2c1.COc1ccc2cc([C@H](C)C(=O)[O-])ccc2c1.[Mn+2].[OH3+].c1cnc2c(c1)ccc1cccnc12. The third-order valence-corrected chi connectivity index (χ3v) is 8.19. The van der Waals surface area contributed by atoms with Gasteiger partial charge < -0.3 is 34.8 Å². The van der Waals surface area contributed by atoms with Crippen LogP contribution in [0.4, 0.5) is 0 Å². The van der Waals surface area contributed by atoms with Gasteiger partial charge in [0, 0.05) is 46.9 Å². The van der Waals surface area contributed by atoms with Crippen molar-refractivity contribution in [2.24, 2.45) is 0 Å². The number of pyridine rings is 2. The largest absolute Gasteiger partial charge is 2.00 e. The monoisotopic (exact) mass is 712 g/mol. The first-order valence-corrected chi connectivity index (χ1v) is 15.3. The van der Waals surface area contributed by atoms with Crippen molar-refractivity contribution in [3.63, 3.8) is 0 Å². The minimum absolute atomic E-state index is 0. The second-order valence-corrected chi connectivity index (χ2v) is 11.2. The summed E-state index contributed by atoms with van der Waals surface area (Å²) in [5.41, 5.74) is 3.46. The van der Waals surface area contributed by atoms with E-state index in [-0.39, 0.29) is 22.5 Å². The Morgan fingerprint density at radius 2 is 0.880 bits per heavy atom. The molecule has 0 saturated carbocycles. The Balaban J connectivity index is 0.000000200. The van der Waals surface area contributed by atoms with Gasteiger partial charge in [0.25, 0.3) is 0 Å². The van der Waals surface area contributed by atoms with Crippen LogP contribution in [0.5, 0.6) is 11.5 Å². The molecule has 7 rings (SSSR count). The minimum atomic E-state index is -1.06. The molecular weight excluding hydrogens is 675 g/mol. The predicted octanol–water partition coefficient (Wildman–Crippen LogP) is 5.26. The van der Waals surface area contributed by atoms with Crippen LogP contribution in [0, 0.1) is 0 Å². The summed E-state index contributed by atoms with van der Waals surface area (Å²) < 4.78 is 10.3. The quantitative estimate of drug-likeness (QED) is 0.128. The van der Waals surface area contributed by atoms with Gasteiger partial charge in [-0.2, -0.15) is 0 Å². The van der Waals surface area contributed by atoms with Crippen molar-refractivity contribution in [2.45, 2.75) is 25.7 Å². The number of rotatable bonds is 6. The molecule has 5 aromatic carbocycles. The molecule has 0 aliphatic carbocycles. The zero-order valence-electron chi connectivity index (χ0n) is 28.0. The maximum Gasteiger partial charge on any atom is 2.00 e. The number of fused-ring (bicyclic) bond motifs is 5. The van der Waals surface area contributed by atoms with Gasteiger partial charge in [-0.05, 0) is 69.1 Å². The average Bonchev–Trinajstić information content (AvgIpc) is 3.13. The van der Waals surface area contributed by atoms with Crippen molar-refractivity contribution in [2.75, 3.05) is 14.2 Å². The van der Waals surface area contributed by atoms with Crippen molar-refractivity contribution in [3.05, 3.63) is 133 Å². The summed E-state index contributed by atoms with van der Waals surface area (Å²) in [4.78, 5) is 30.3. The van der Waals surface area contributed by atoms with Crippen LogP contribution in [0.3, 0.4) is 0 Å². The number of hydrogen-bond donors (Lipinski definition) is 0. The molecule has 0 amide bonds. The topological polar surface area (TPSA) is 158 Å². The predicted molar refractivity (Wildman–Crippen MR) is 190 cm³/mol. The van der Waals surface area contributed by atoms with E-state index >= 15 is 0 Å². The Morgan fingerprint density at radius 3 is 1.24 bits per heavy atom. The van der Waals surface area contributed by atoms with Gasteiger partial charge >= 0.3 is 17.1 Å². The molecule has 0 aliphatic heterocycles. The third kappa shape index (κ3) is 9.12. The molecule has 1 radical (unpaired) electrons. The molecule has 50 heavy (non-hydrogen) atoms. The summed E-state index contributed by atoms with van der Waals surface area (Å²) in [5.74, 6) is -1.73. The van der Waals surface area contributed by atoms with E-state index in [0.717, 1.165) is 66.0 Å². The van der Waals surface area contributed by atoms with Gasteiger partial charge in [-0.1, -0.05) is 86.6 Å². The Kier molecular flexibility index (Phi) is 13.8. The fraction of sp³-hybridized carbons (Fsp3) is 0.150. The Hall–Kier alpha value is -5.54. The van der Waals surface area contributed by atoms with E-state index in [4.69, 9.17) is 9.47 Å². The summed E-state index contributed by atoms with van der Waals surface area (Å²) in [6.07, 6.45) is 3.60. The molecule has 10 heteroatoms. The maximum absolute atomic E-state index is 10.8. The van der Waals surface area contributed by atoms with Crippen LogP contribution >= 0.6 is 0 Å². The fourth-order valence-corrected chi connectivity index (χ4v) is 5.23. The van der Waals surface area contributed by atoms with E-state index in [0.29, 0.717) is 0 Å². The molecule has 0 fully saturated rings. The van der Waals surface area contributed by atoms with E-state index in [9.17, 15) is 19.8 Å². The molecular formula is C40H37MnN2O7+. The Bertz CT molecular complexity index is 2080. The summed E-state index contributed by atoms with van der Waals surface area (Å²) in [6, 6.07) is 34.7. The third-order valence-electron chi connectivity index (χ3n) is 8.19. The summed E-state index contributed by atoms with van der Waals surface area (Å²) >= 11 is 0. The first-order valence-electron chi connectivity index (χ1n) is 15.3. The summed E-state index contributed by atoms with van der Waals surface area (Å²) in [7, 11) is 3.24. The number of aliphatic carboxylic acids is 2. The van der Waals surface area contributed by atoms with Crippen molar-refractivity contribution >= 4 is 55.3 Å². The van der Waals surface area contributed by atoms with E-state index in [2.05, 4.69) is 34.2 Å². The van der Waals surface area contributed by atoms with E-state index in [1.165, 1.54) is 0 Å². The van der Waals surface area contributed by atoms with Crippen LogP contribution in [0.25, 0.3) is 43.4 Å². The number of hydrogen-bond acceptors (Lipinski definition) is 8. The average molecular weight is 713 g/mol. The first-order chi connectivity index (χ1) is 23.2. The molecule has 2 atom stereocenters. The van der Waals surface area contributed by atoms with E-state index in [1.807, 2.05) is 84.9 Å². The van der Waals surface area contributed by atoms with Gasteiger partial charge in [0.05, 0.1) is 25.3 Å². The number of carbonyl (C=O) groups excluding carboxylic acids is 2. The van der Waals surface area contributed by atoms with Gasteiger partial charge in [0.1, 0.15) is 11.5 Å². The van der Waals surface area contributed by atoms with Gasteiger partial charge in [-0.15, -0.1) is 0 Å². The first kappa shape index (κ1) is 38.9. The number of aromatic nitrogens is 2. The standard InChI is InChI=1S/2C14H14O3.C12H8N2.Mn.H2O/c2*1-9(14(15)16)10-3-4-12-8-13(17-2)6-5-11(12)7-10;1-3-9-5-6-10-4-2-8-14-12(10)11(9)13-7-1;;/h2*3-9H,1-2H3,(H,15,16);1-8H;;1H2/q;;;+2;/p-1/t2*9-;;;/m00.../s1. The number of benzene rings is 5. The zero-order valence-corrected chi connectivity index (χ0v) is 29.2. The fourth-order valence-electron chi connectivity index (χ4n) is 5.23. The molecule has 0 spiro atoms. The summed E-state index contributed by atoms with van der Waals surface area (Å²) in [6.45, 7) is 3.25. The van der Waals surface area contributed by atoms with Crippen LogP contribution in [0.2, 0.25) is 0 Å². The number of carboxylic acids is 2. The van der Waals surface area contributed by atoms with Crippen molar-refractivity contribution in [1.82, 2.24) is 9.97 Å². The van der Waals surface area contributed by atoms with Crippen molar-refractivity contribution in [1.29, 1.82) is 0 Å². The second kappa shape index (κ2) is 17.7. The van der Waals surface area contributed by atoms with Crippen LogP contribution in [-0.2, 0) is 32.1 Å². The number of nitrogens with zero attached hydrogens (tertiary/aromatic N) is 2. The molecule has 0 bridgehead atoms. The van der Waals surface area contributed by atoms with Crippen LogP contribution in [0.15, 0.2) is 122 Å². The van der Waals surface area contributed by atoms with E-state index in [1.54, 1.807) is 40.5 Å². The second-order valence-electron chi connectivity index (χ2n) is 11.2. The smallest absolute Gasteiger partial charge is 0.550 e. The maximum atomic E-state index is 10.8. The molecule has 0 unspecified atom stereocenters. The summed E-state index contributed by atoms with van der Waals surface area (Å²) in [5, 5.41) is 27.9. The van der Waals surface area contributed by atoms with Crippen molar-refractivity contribution < 1.29 is 51.8 Å². The molecule has 2 heterocycles. The normalized spacial score (nSPS) is 11.4. The number of ether oxygens (including phenoxy) is 2. The molecule has 0 saturated heterocycles. The van der Waals surface area contributed by atoms with E-state index < -0.39 is 23.8 Å². The molecule has 9 nitrogen and oxygen atoms in total. The minimum Gasteiger partial charge on any atom is -0.550 e. The van der Waals surface area contributed by atoms with Crippen molar-refractivity contribution in [3.8, 4) is 11.5 Å². The molecule has 3 N–H and O–H groups in total. The molecule has 0 aliphatic rings. The Morgan fingerprint density at radius 1 is 0.540 bits per heavy atom. The van der Waals surface area contributed by atoms with Gasteiger partial charge in [0.15, 0.2) is 0 Å². The number of carboxylic acid groups (broad SMARTS) is 2. The van der Waals surface area contributed by atoms with Gasteiger partial charge in [0.2, 0.25) is 0 Å². The number of carbonyl (C=O) groups is 2. The van der Waals surface area contributed by atoms with Gasteiger partial charge in [-0.3, -0.25) is 9.97 Å². The molecule has 2 aromatic heterocycles. The van der Waals surface area contributed by atoms with Crippen LogP contribution in [-0.4, -0.2) is 36.1 Å². The van der Waals surface area contributed by atoms with Crippen LogP contribution < -0.4 is 19.7 Å². The van der Waals surface area contributed by atoms with Gasteiger partial charge in [-0.25, -0.2) is 0 Å².